The van der Waals surface area contributed by atoms with Crippen molar-refractivity contribution >= 4 is 39.1 Å². The van der Waals surface area contributed by atoms with Crippen LogP contribution in [0.25, 0.3) is 0 Å². The van der Waals surface area contributed by atoms with Crippen molar-refractivity contribution in [3.8, 4) is 5.75 Å². The average molecular weight is 540 g/mol. The Kier molecular flexibility index (Phi) is 8.01. The predicted molar refractivity (Wildman–Crippen MR) is 139 cm³/mol. The number of carbonyl (C=O) groups excluding carboxylic acids is 1. The van der Waals surface area contributed by atoms with Gasteiger partial charge in [0.1, 0.15) is 11.4 Å². The van der Waals surface area contributed by atoms with E-state index in [1.807, 2.05) is 24.3 Å². The van der Waals surface area contributed by atoms with Crippen molar-refractivity contribution in [2.24, 2.45) is 5.92 Å². The molecule has 4 rings (SSSR count). The van der Waals surface area contributed by atoms with Gasteiger partial charge in [-0.15, -0.1) is 0 Å². The number of hydrogen-bond donors (Lipinski definition) is 1. The third-order valence-corrected chi connectivity index (χ3v) is 9.94. The molecular formula is C26H32Cl2N2O4S. The van der Waals surface area contributed by atoms with Gasteiger partial charge in [-0.05, 0) is 49.4 Å². The molecule has 0 saturated carbocycles. The van der Waals surface area contributed by atoms with Crippen molar-refractivity contribution < 1.29 is 17.9 Å². The van der Waals surface area contributed by atoms with Gasteiger partial charge in [0.2, 0.25) is 15.9 Å². The maximum Gasteiger partial charge on any atom is 0.223 e. The highest BCUT2D eigenvalue weighted by molar-refractivity contribution is 7.88. The van der Waals surface area contributed by atoms with Gasteiger partial charge in [0.25, 0.3) is 0 Å². The van der Waals surface area contributed by atoms with E-state index in [0.717, 1.165) is 30.6 Å². The summed E-state index contributed by atoms with van der Waals surface area (Å²) in [6.07, 6.45) is 3.42. The normalized spacial score (nSPS) is 20.6. The fourth-order valence-corrected chi connectivity index (χ4v) is 6.92. The first kappa shape index (κ1) is 26.3. The van der Waals surface area contributed by atoms with Crippen LogP contribution in [-0.4, -0.2) is 37.3 Å². The number of piperidine rings is 1. The highest BCUT2D eigenvalue weighted by Gasteiger charge is 2.40. The van der Waals surface area contributed by atoms with Gasteiger partial charge < -0.3 is 10.1 Å². The van der Waals surface area contributed by atoms with Crippen LogP contribution in [0.5, 0.6) is 5.75 Å². The Balaban J connectivity index is 1.39. The molecule has 1 N–H and O–H groups in total. The number of carbonyl (C=O) groups is 1. The van der Waals surface area contributed by atoms with Crippen molar-refractivity contribution in [2.75, 3.05) is 13.1 Å². The van der Waals surface area contributed by atoms with Crippen LogP contribution in [0.3, 0.4) is 0 Å². The second-order valence-electron chi connectivity index (χ2n) is 9.47. The van der Waals surface area contributed by atoms with Crippen LogP contribution in [0.1, 0.15) is 63.1 Å². The largest absolute Gasteiger partial charge is 0.487 e. The van der Waals surface area contributed by atoms with E-state index in [0.29, 0.717) is 41.5 Å². The minimum absolute atomic E-state index is 0.0191. The van der Waals surface area contributed by atoms with E-state index < -0.39 is 10.0 Å². The zero-order chi connectivity index (χ0) is 25.2. The molecule has 0 radical (unpaired) electrons. The Bertz CT molecular complexity index is 1180. The summed E-state index contributed by atoms with van der Waals surface area (Å²) in [7, 11) is -3.52. The fraction of sp³-hybridized carbons (Fsp3) is 0.500. The highest BCUT2D eigenvalue weighted by Crippen LogP contribution is 2.43. The summed E-state index contributed by atoms with van der Waals surface area (Å²) in [5.41, 5.74) is 1.29. The SMILES string of the molecule is CCC1(CC)C[C@H](NC(=O)C2CCN(S(=O)(=O)Cc3ccc(Cl)c(Cl)c3)CC2)c2ccccc2O1. The van der Waals surface area contributed by atoms with E-state index in [-0.39, 0.29) is 29.2 Å². The topological polar surface area (TPSA) is 75.7 Å². The summed E-state index contributed by atoms with van der Waals surface area (Å²) in [6.45, 7) is 4.87. The maximum atomic E-state index is 13.2. The number of nitrogens with zero attached hydrogens (tertiary/aromatic N) is 1. The van der Waals surface area contributed by atoms with E-state index in [2.05, 4.69) is 19.2 Å². The number of benzene rings is 2. The fourth-order valence-electron chi connectivity index (χ4n) is 5.05. The molecule has 1 fully saturated rings. The molecule has 1 saturated heterocycles. The van der Waals surface area contributed by atoms with Gasteiger partial charge in [0, 0.05) is 31.0 Å². The highest BCUT2D eigenvalue weighted by atomic mass is 35.5. The number of amides is 1. The first-order valence-corrected chi connectivity index (χ1v) is 14.5. The molecular weight excluding hydrogens is 507 g/mol. The summed E-state index contributed by atoms with van der Waals surface area (Å²) < 4.78 is 33.7. The van der Waals surface area contributed by atoms with Crippen molar-refractivity contribution in [3.63, 3.8) is 0 Å². The van der Waals surface area contributed by atoms with E-state index >= 15 is 0 Å². The van der Waals surface area contributed by atoms with Crippen LogP contribution in [0.2, 0.25) is 10.0 Å². The minimum atomic E-state index is -3.52. The molecule has 1 atom stereocenters. The Morgan fingerprint density at radius 1 is 1.09 bits per heavy atom. The second kappa shape index (κ2) is 10.7. The lowest BCUT2D eigenvalue weighted by Gasteiger charge is -2.42. The molecule has 2 heterocycles. The summed E-state index contributed by atoms with van der Waals surface area (Å²) >= 11 is 12.0. The number of para-hydroxylation sites is 1. The third-order valence-electron chi connectivity index (χ3n) is 7.35. The van der Waals surface area contributed by atoms with Crippen LogP contribution in [0.4, 0.5) is 0 Å². The molecule has 0 aliphatic carbocycles. The lowest BCUT2D eigenvalue weighted by molar-refractivity contribution is -0.127. The van der Waals surface area contributed by atoms with Gasteiger partial charge in [-0.3, -0.25) is 4.79 Å². The quantitative estimate of drug-likeness (QED) is 0.488. The van der Waals surface area contributed by atoms with Crippen LogP contribution < -0.4 is 10.1 Å². The van der Waals surface area contributed by atoms with Crippen LogP contribution >= 0.6 is 23.2 Å². The Morgan fingerprint density at radius 2 is 1.77 bits per heavy atom. The molecule has 2 aliphatic rings. The molecule has 0 aromatic heterocycles. The predicted octanol–water partition coefficient (Wildman–Crippen LogP) is 5.73. The number of sulfonamides is 1. The first-order valence-electron chi connectivity index (χ1n) is 12.2. The van der Waals surface area contributed by atoms with Gasteiger partial charge in [0.05, 0.1) is 21.8 Å². The van der Waals surface area contributed by atoms with Gasteiger partial charge in [-0.25, -0.2) is 12.7 Å². The standard InChI is InChI=1S/C26H32Cl2N2O4S/c1-3-26(4-2)16-23(20-7-5-6-8-24(20)34-26)29-25(31)19-11-13-30(14-12-19)35(32,33)17-18-9-10-21(27)22(28)15-18/h5-10,15,19,23H,3-4,11-14,16-17H2,1-2H3,(H,29,31)/t23-/m0/s1. The van der Waals surface area contributed by atoms with Gasteiger partial charge in [-0.1, -0.05) is 61.3 Å². The lowest BCUT2D eigenvalue weighted by Crippen LogP contribution is -2.47. The number of hydrogen-bond acceptors (Lipinski definition) is 4. The molecule has 0 unspecified atom stereocenters. The van der Waals surface area contributed by atoms with E-state index in [4.69, 9.17) is 27.9 Å². The first-order chi connectivity index (χ1) is 16.7. The summed E-state index contributed by atoms with van der Waals surface area (Å²) in [5.74, 6) is 0.444. The van der Waals surface area contributed by atoms with Gasteiger partial charge in [-0.2, -0.15) is 0 Å². The van der Waals surface area contributed by atoms with Crippen LogP contribution in [0, 0.1) is 5.92 Å². The summed E-state index contributed by atoms with van der Waals surface area (Å²) in [4.78, 5) is 13.2. The number of nitrogens with one attached hydrogen (secondary N) is 1. The van der Waals surface area contributed by atoms with E-state index in [9.17, 15) is 13.2 Å². The zero-order valence-electron chi connectivity index (χ0n) is 20.1. The van der Waals surface area contributed by atoms with E-state index in [1.54, 1.807) is 18.2 Å². The van der Waals surface area contributed by atoms with Gasteiger partial charge in [0.15, 0.2) is 0 Å². The molecule has 1 amide bonds. The Labute approximate surface area is 218 Å². The molecule has 9 heteroatoms. The molecule has 35 heavy (non-hydrogen) atoms. The van der Waals surface area contributed by atoms with Gasteiger partial charge >= 0.3 is 0 Å². The summed E-state index contributed by atoms with van der Waals surface area (Å²) in [6, 6.07) is 12.6. The molecule has 6 nitrogen and oxygen atoms in total. The number of fused-ring (bicyclic) bond motifs is 1. The Morgan fingerprint density at radius 3 is 2.43 bits per heavy atom. The molecule has 2 aromatic carbocycles. The number of halogens is 2. The monoisotopic (exact) mass is 538 g/mol. The molecule has 2 aliphatic heterocycles. The molecule has 190 valence electrons. The van der Waals surface area contributed by atoms with Crippen LogP contribution in [0.15, 0.2) is 42.5 Å². The molecule has 0 spiro atoms. The van der Waals surface area contributed by atoms with Crippen molar-refractivity contribution in [1.82, 2.24) is 9.62 Å². The average Bonchev–Trinajstić information content (AvgIpc) is 2.86. The van der Waals surface area contributed by atoms with Crippen LogP contribution in [-0.2, 0) is 20.6 Å². The zero-order valence-corrected chi connectivity index (χ0v) is 22.4. The second-order valence-corrected chi connectivity index (χ2v) is 12.3. The lowest BCUT2D eigenvalue weighted by atomic mass is 9.83. The van der Waals surface area contributed by atoms with Crippen molar-refractivity contribution in [3.05, 3.63) is 63.6 Å². The smallest absolute Gasteiger partial charge is 0.223 e. The summed E-state index contributed by atoms with van der Waals surface area (Å²) in [5, 5.41) is 3.98. The van der Waals surface area contributed by atoms with Crippen molar-refractivity contribution in [1.29, 1.82) is 0 Å². The third kappa shape index (κ3) is 5.79. The minimum Gasteiger partial charge on any atom is -0.487 e. The number of ether oxygens (including phenoxy) is 1. The molecule has 0 bridgehead atoms. The maximum absolute atomic E-state index is 13.2. The van der Waals surface area contributed by atoms with E-state index in [1.165, 1.54) is 4.31 Å². The Hall–Kier alpha value is -1.80. The number of rotatable bonds is 7. The molecule has 2 aromatic rings. The van der Waals surface area contributed by atoms with Crippen molar-refractivity contribution in [2.45, 2.75) is 63.3 Å².